The predicted octanol–water partition coefficient (Wildman–Crippen LogP) is 0.427. The first-order valence-electron chi connectivity index (χ1n) is 6.09. The number of amides is 1. The van der Waals surface area contributed by atoms with E-state index in [1.54, 1.807) is 6.92 Å². The maximum Gasteiger partial charge on any atom is 0.256 e. The lowest BCUT2D eigenvalue weighted by Gasteiger charge is -2.20. The average Bonchev–Trinajstić information content (AvgIpc) is 2.93. The van der Waals surface area contributed by atoms with Gasteiger partial charge in [-0.25, -0.2) is 0 Å². The third-order valence-electron chi connectivity index (χ3n) is 3.16. The molecule has 0 radical (unpaired) electrons. The minimum absolute atomic E-state index is 0.180. The van der Waals surface area contributed by atoms with Crippen LogP contribution in [0.5, 0.6) is 0 Å². The molecule has 6 nitrogen and oxygen atoms in total. The van der Waals surface area contributed by atoms with Crippen molar-refractivity contribution < 1.29 is 19.2 Å². The Balaban J connectivity index is 2.01. The number of hydrogen-bond acceptors (Lipinski definition) is 5. The van der Waals surface area contributed by atoms with Crippen LogP contribution in [-0.4, -0.2) is 41.5 Å². The highest BCUT2D eigenvalue weighted by molar-refractivity contribution is 5.96. The van der Waals surface area contributed by atoms with Crippen molar-refractivity contribution in [2.24, 2.45) is 0 Å². The van der Waals surface area contributed by atoms with E-state index < -0.39 is 5.60 Å². The van der Waals surface area contributed by atoms with Gasteiger partial charge >= 0.3 is 0 Å². The zero-order valence-electron chi connectivity index (χ0n) is 10.7. The van der Waals surface area contributed by atoms with E-state index >= 15 is 0 Å². The summed E-state index contributed by atoms with van der Waals surface area (Å²) in [5.74, 6) is 0.241. The molecule has 1 aromatic heterocycles. The van der Waals surface area contributed by atoms with E-state index in [4.69, 9.17) is 9.26 Å². The van der Waals surface area contributed by atoms with Gasteiger partial charge in [0.25, 0.3) is 5.91 Å². The molecule has 1 amide bonds. The lowest BCUT2D eigenvalue weighted by Crippen LogP contribution is -2.43. The van der Waals surface area contributed by atoms with Gasteiger partial charge in [-0.05, 0) is 13.3 Å². The summed E-state index contributed by atoms with van der Waals surface area (Å²) in [6, 6.07) is 0. The summed E-state index contributed by atoms with van der Waals surface area (Å²) in [7, 11) is 0. The van der Waals surface area contributed by atoms with Crippen LogP contribution in [0.3, 0.4) is 0 Å². The van der Waals surface area contributed by atoms with Crippen LogP contribution in [-0.2, 0) is 11.2 Å². The maximum atomic E-state index is 12.0. The van der Waals surface area contributed by atoms with Gasteiger partial charge in [-0.3, -0.25) is 4.79 Å². The SMILES string of the molecule is CCc1noc(C)c1C(=O)NCC1(O)CCOC1. The van der Waals surface area contributed by atoms with E-state index in [2.05, 4.69) is 10.5 Å². The summed E-state index contributed by atoms with van der Waals surface area (Å²) in [6.45, 7) is 4.58. The molecular weight excluding hydrogens is 236 g/mol. The molecule has 2 N–H and O–H groups in total. The number of aliphatic hydroxyl groups is 1. The van der Waals surface area contributed by atoms with E-state index in [1.165, 1.54) is 0 Å². The van der Waals surface area contributed by atoms with Crippen molar-refractivity contribution in [2.45, 2.75) is 32.3 Å². The molecule has 2 rings (SSSR count). The second-order valence-corrected chi connectivity index (χ2v) is 4.62. The molecule has 2 heterocycles. The molecule has 1 saturated heterocycles. The van der Waals surface area contributed by atoms with Crippen molar-refractivity contribution in [1.29, 1.82) is 0 Å². The van der Waals surface area contributed by atoms with Gasteiger partial charge in [0.1, 0.15) is 16.9 Å². The third-order valence-corrected chi connectivity index (χ3v) is 3.16. The number of carbonyl (C=O) groups is 1. The van der Waals surface area contributed by atoms with Crippen LogP contribution in [0.15, 0.2) is 4.52 Å². The number of carbonyl (C=O) groups excluding carboxylic acids is 1. The van der Waals surface area contributed by atoms with Crippen molar-refractivity contribution in [3.8, 4) is 0 Å². The standard InChI is InChI=1S/C12H18N2O4/c1-3-9-10(8(2)18-14-9)11(15)13-6-12(16)4-5-17-7-12/h16H,3-7H2,1-2H3,(H,13,15). The number of hydrogen-bond donors (Lipinski definition) is 2. The molecule has 0 spiro atoms. The normalized spacial score (nSPS) is 23.3. The molecule has 18 heavy (non-hydrogen) atoms. The molecule has 6 heteroatoms. The summed E-state index contributed by atoms with van der Waals surface area (Å²) in [5, 5.41) is 16.6. The number of aromatic nitrogens is 1. The molecule has 1 aliphatic rings. The quantitative estimate of drug-likeness (QED) is 0.813. The lowest BCUT2D eigenvalue weighted by atomic mass is 10.0. The summed E-state index contributed by atoms with van der Waals surface area (Å²) in [5.41, 5.74) is 0.160. The minimum Gasteiger partial charge on any atom is -0.386 e. The van der Waals surface area contributed by atoms with Crippen molar-refractivity contribution in [2.75, 3.05) is 19.8 Å². The number of rotatable bonds is 4. The second-order valence-electron chi connectivity index (χ2n) is 4.62. The van der Waals surface area contributed by atoms with Gasteiger partial charge in [0, 0.05) is 19.6 Å². The molecular formula is C12H18N2O4. The van der Waals surface area contributed by atoms with Crippen LogP contribution in [0.25, 0.3) is 0 Å². The lowest BCUT2D eigenvalue weighted by molar-refractivity contribution is 0.0264. The summed E-state index contributed by atoms with van der Waals surface area (Å²) < 4.78 is 10.1. The molecule has 0 aromatic carbocycles. The smallest absolute Gasteiger partial charge is 0.256 e. The molecule has 1 atom stereocenters. The van der Waals surface area contributed by atoms with Gasteiger partial charge in [-0.15, -0.1) is 0 Å². The van der Waals surface area contributed by atoms with Crippen LogP contribution in [0.1, 0.15) is 35.2 Å². The fraction of sp³-hybridized carbons (Fsp3) is 0.667. The Morgan fingerprint density at radius 2 is 2.39 bits per heavy atom. The molecule has 100 valence electrons. The van der Waals surface area contributed by atoms with Crippen molar-refractivity contribution >= 4 is 5.91 Å². The Kier molecular flexibility index (Phi) is 3.68. The Hall–Kier alpha value is -1.40. The van der Waals surface area contributed by atoms with Crippen LogP contribution >= 0.6 is 0 Å². The largest absolute Gasteiger partial charge is 0.386 e. The van der Waals surface area contributed by atoms with E-state index in [-0.39, 0.29) is 19.1 Å². The van der Waals surface area contributed by atoms with Gasteiger partial charge in [0.15, 0.2) is 0 Å². The average molecular weight is 254 g/mol. The third kappa shape index (κ3) is 2.54. The highest BCUT2D eigenvalue weighted by atomic mass is 16.5. The minimum atomic E-state index is -0.951. The molecule has 0 bridgehead atoms. The highest BCUT2D eigenvalue weighted by Crippen LogP contribution is 2.18. The number of aryl methyl sites for hydroxylation is 2. The first-order valence-corrected chi connectivity index (χ1v) is 6.09. The molecule has 0 saturated carbocycles. The van der Waals surface area contributed by atoms with Gasteiger partial charge < -0.3 is 19.7 Å². The van der Waals surface area contributed by atoms with Crippen molar-refractivity contribution in [3.05, 3.63) is 17.0 Å². The van der Waals surface area contributed by atoms with E-state index in [0.29, 0.717) is 36.5 Å². The van der Waals surface area contributed by atoms with E-state index in [0.717, 1.165) is 0 Å². The Morgan fingerprint density at radius 3 is 3.00 bits per heavy atom. The summed E-state index contributed by atoms with van der Waals surface area (Å²) >= 11 is 0. The molecule has 0 aliphatic carbocycles. The summed E-state index contributed by atoms with van der Waals surface area (Å²) in [4.78, 5) is 12.0. The van der Waals surface area contributed by atoms with Crippen LogP contribution in [0.4, 0.5) is 0 Å². The number of nitrogens with one attached hydrogen (secondary N) is 1. The highest BCUT2D eigenvalue weighted by Gasteiger charge is 2.33. The monoisotopic (exact) mass is 254 g/mol. The molecule has 1 fully saturated rings. The molecule has 1 aliphatic heterocycles. The topological polar surface area (TPSA) is 84.6 Å². The molecule has 1 aromatic rings. The predicted molar refractivity (Wildman–Crippen MR) is 63.3 cm³/mol. The Morgan fingerprint density at radius 1 is 1.61 bits per heavy atom. The molecule has 1 unspecified atom stereocenters. The van der Waals surface area contributed by atoms with Crippen LogP contribution < -0.4 is 5.32 Å². The first-order chi connectivity index (χ1) is 8.56. The van der Waals surface area contributed by atoms with Gasteiger partial charge in [0.05, 0.1) is 12.3 Å². The van der Waals surface area contributed by atoms with Crippen molar-refractivity contribution in [1.82, 2.24) is 10.5 Å². The first kappa shape index (κ1) is 13.0. The van der Waals surface area contributed by atoms with Gasteiger partial charge in [0.2, 0.25) is 0 Å². The van der Waals surface area contributed by atoms with Gasteiger partial charge in [-0.2, -0.15) is 0 Å². The maximum absolute atomic E-state index is 12.0. The van der Waals surface area contributed by atoms with Crippen LogP contribution in [0, 0.1) is 6.92 Å². The Labute approximate surface area is 105 Å². The zero-order chi connectivity index (χ0) is 13.2. The Bertz CT molecular complexity index is 435. The second kappa shape index (κ2) is 5.07. The van der Waals surface area contributed by atoms with Crippen molar-refractivity contribution in [3.63, 3.8) is 0 Å². The summed E-state index contributed by atoms with van der Waals surface area (Å²) in [6.07, 6.45) is 1.17. The fourth-order valence-electron chi connectivity index (χ4n) is 2.02. The van der Waals surface area contributed by atoms with Gasteiger partial charge in [-0.1, -0.05) is 12.1 Å². The van der Waals surface area contributed by atoms with E-state index in [1.807, 2.05) is 6.92 Å². The number of ether oxygens (including phenoxy) is 1. The fourth-order valence-corrected chi connectivity index (χ4v) is 2.02. The zero-order valence-corrected chi connectivity index (χ0v) is 10.7. The van der Waals surface area contributed by atoms with E-state index in [9.17, 15) is 9.90 Å². The van der Waals surface area contributed by atoms with Crippen LogP contribution in [0.2, 0.25) is 0 Å². The number of nitrogens with zero attached hydrogens (tertiary/aromatic N) is 1.